The summed E-state index contributed by atoms with van der Waals surface area (Å²) < 4.78 is 11.1. The third-order valence-corrected chi connectivity index (χ3v) is 4.82. The number of carbonyl (C=O) groups excluding carboxylic acids is 1. The van der Waals surface area contributed by atoms with Gasteiger partial charge in [-0.2, -0.15) is 4.98 Å². The molecule has 0 radical (unpaired) electrons. The lowest BCUT2D eigenvalue weighted by molar-refractivity contribution is -0.117. The second-order valence-corrected chi connectivity index (χ2v) is 6.65. The summed E-state index contributed by atoms with van der Waals surface area (Å²) in [6.07, 6.45) is 0.310. The van der Waals surface area contributed by atoms with Crippen molar-refractivity contribution < 1.29 is 14.1 Å². The van der Waals surface area contributed by atoms with Crippen LogP contribution in [0.1, 0.15) is 25.2 Å². The van der Waals surface area contributed by atoms with Gasteiger partial charge < -0.3 is 14.2 Å². The van der Waals surface area contributed by atoms with Crippen molar-refractivity contribution in [1.82, 2.24) is 10.1 Å². The van der Waals surface area contributed by atoms with Gasteiger partial charge in [0.1, 0.15) is 5.75 Å². The van der Waals surface area contributed by atoms with Crippen molar-refractivity contribution in [3.8, 4) is 17.1 Å². The lowest BCUT2D eigenvalue weighted by atomic mass is 10.1. The fourth-order valence-electron chi connectivity index (χ4n) is 3.22. The summed E-state index contributed by atoms with van der Waals surface area (Å²) in [5, 5.41) is 4.59. The molecule has 0 N–H and O–H groups in total. The Morgan fingerprint density at radius 2 is 2.00 bits per heavy atom. The Balaban J connectivity index is 1.58. The fourth-order valence-corrected chi connectivity index (χ4v) is 3.44. The van der Waals surface area contributed by atoms with E-state index < -0.39 is 0 Å². The van der Waals surface area contributed by atoms with Crippen LogP contribution in [0.25, 0.3) is 11.4 Å². The molecule has 2 aromatic carbocycles. The Kier molecular flexibility index (Phi) is 4.81. The molecule has 6 nitrogen and oxygen atoms in total. The van der Waals surface area contributed by atoms with E-state index in [-0.39, 0.29) is 11.8 Å². The van der Waals surface area contributed by atoms with Crippen molar-refractivity contribution in [3.63, 3.8) is 0 Å². The lowest BCUT2D eigenvalue weighted by Crippen LogP contribution is -2.25. The molecule has 7 heteroatoms. The Labute approximate surface area is 161 Å². The molecule has 1 unspecified atom stereocenters. The van der Waals surface area contributed by atoms with E-state index >= 15 is 0 Å². The van der Waals surface area contributed by atoms with E-state index in [1.165, 1.54) is 0 Å². The zero-order chi connectivity index (χ0) is 18.8. The van der Waals surface area contributed by atoms with Crippen molar-refractivity contribution in [2.24, 2.45) is 0 Å². The Hall–Kier alpha value is -2.86. The Bertz CT molecular complexity index is 972. The van der Waals surface area contributed by atoms with Crippen molar-refractivity contribution >= 4 is 23.2 Å². The van der Waals surface area contributed by atoms with Crippen LogP contribution >= 0.6 is 11.6 Å². The average molecular weight is 384 g/mol. The number of rotatable bonds is 5. The maximum Gasteiger partial charge on any atom is 0.232 e. The first kappa shape index (κ1) is 17.5. The Morgan fingerprint density at radius 1 is 1.22 bits per heavy atom. The maximum atomic E-state index is 12.6. The quantitative estimate of drug-likeness (QED) is 0.656. The van der Waals surface area contributed by atoms with E-state index in [2.05, 4.69) is 10.1 Å². The molecule has 0 spiro atoms. The maximum absolute atomic E-state index is 12.6. The number of halogens is 1. The van der Waals surface area contributed by atoms with Gasteiger partial charge >= 0.3 is 0 Å². The van der Waals surface area contributed by atoms with E-state index in [4.69, 9.17) is 20.9 Å². The van der Waals surface area contributed by atoms with Gasteiger partial charge in [-0.3, -0.25) is 4.79 Å². The minimum atomic E-state index is -0.170. The molecule has 4 rings (SSSR count). The molecule has 1 aliphatic rings. The second-order valence-electron chi connectivity index (χ2n) is 6.24. The van der Waals surface area contributed by atoms with Crippen molar-refractivity contribution in [3.05, 3.63) is 59.4 Å². The molecular formula is C20H18ClN3O3. The minimum Gasteiger partial charge on any atom is -0.492 e. The summed E-state index contributed by atoms with van der Waals surface area (Å²) in [5.74, 6) is 1.39. The molecule has 0 aliphatic carbocycles. The predicted molar refractivity (Wildman–Crippen MR) is 102 cm³/mol. The van der Waals surface area contributed by atoms with Gasteiger partial charge in [0.2, 0.25) is 17.6 Å². The average Bonchev–Trinajstić information content (AvgIpc) is 3.30. The number of ether oxygens (including phenoxy) is 1. The van der Waals surface area contributed by atoms with Crippen LogP contribution in [0.5, 0.6) is 5.75 Å². The van der Waals surface area contributed by atoms with Crippen LogP contribution in [-0.4, -0.2) is 29.2 Å². The molecule has 1 aromatic heterocycles. The molecule has 2 heterocycles. The highest BCUT2D eigenvalue weighted by Crippen LogP contribution is 2.36. The van der Waals surface area contributed by atoms with Crippen molar-refractivity contribution in [2.75, 3.05) is 18.1 Å². The van der Waals surface area contributed by atoms with E-state index in [1.807, 2.05) is 49.4 Å². The second kappa shape index (κ2) is 7.40. The number of carbonyl (C=O) groups is 1. The fraction of sp³-hybridized carbons (Fsp3) is 0.250. The third-order valence-electron chi connectivity index (χ3n) is 4.49. The molecule has 27 heavy (non-hydrogen) atoms. The monoisotopic (exact) mass is 383 g/mol. The van der Waals surface area contributed by atoms with E-state index in [1.54, 1.807) is 11.0 Å². The summed E-state index contributed by atoms with van der Waals surface area (Å²) in [6.45, 7) is 2.92. The zero-order valence-electron chi connectivity index (χ0n) is 14.8. The summed E-state index contributed by atoms with van der Waals surface area (Å²) in [7, 11) is 0. The number of anilines is 1. The summed E-state index contributed by atoms with van der Waals surface area (Å²) in [5.41, 5.74) is 1.47. The SMILES string of the molecule is CCOc1ccccc1N1CC(c2nc(-c3ccccc3Cl)no2)CC1=O. The van der Waals surface area contributed by atoms with Crippen LogP contribution in [0.4, 0.5) is 5.69 Å². The van der Waals surface area contributed by atoms with Crippen LogP contribution in [0.3, 0.4) is 0 Å². The Morgan fingerprint density at radius 3 is 2.81 bits per heavy atom. The first-order valence-corrected chi connectivity index (χ1v) is 9.16. The van der Waals surface area contributed by atoms with Gasteiger partial charge in [-0.25, -0.2) is 0 Å². The lowest BCUT2D eigenvalue weighted by Gasteiger charge is -2.19. The summed E-state index contributed by atoms with van der Waals surface area (Å²) >= 11 is 6.20. The van der Waals surface area contributed by atoms with Gasteiger partial charge in [-0.15, -0.1) is 0 Å². The third kappa shape index (κ3) is 3.40. The largest absolute Gasteiger partial charge is 0.492 e. The summed E-state index contributed by atoms with van der Waals surface area (Å²) in [6, 6.07) is 14.8. The van der Waals surface area contributed by atoms with Gasteiger partial charge in [0.25, 0.3) is 0 Å². The van der Waals surface area contributed by atoms with Crippen LogP contribution in [0.15, 0.2) is 53.1 Å². The molecule has 1 amide bonds. The number of hydrogen-bond acceptors (Lipinski definition) is 5. The molecular weight excluding hydrogens is 366 g/mol. The van der Waals surface area contributed by atoms with Gasteiger partial charge in [-0.05, 0) is 31.2 Å². The highest BCUT2D eigenvalue weighted by atomic mass is 35.5. The van der Waals surface area contributed by atoms with Crippen LogP contribution in [0, 0.1) is 0 Å². The predicted octanol–water partition coefficient (Wildman–Crippen LogP) is 4.31. The topological polar surface area (TPSA) is 68.5 Å². The standard InChI is InChI=1S/C20H18ClN3O3/c1-2-26-17-10-6-5-9-16(17)24-12-13(11-18(24)25)20-22-19(23-27-20)14-7-3-4-8-15(14)21/h3-10,13H,2,11-12H2,1H3. The molecule has 138 valence electrons. The molecule has 1 fully saturated rings. The number of amides is 1. The molecule has 3 aromatic rings. The number of para-hydroxylation sites is 2. The number of aromatic nitrogens is 2. The number of nitrogens with zero attached hydrogens (tertiary/aromatic N) is 3. The first-order valence-electron chi connectivity index (χ1n) is 8.78. The van der Waals surface area contributed by atoms with Gasteiger partial charge in [0.15, 0.2) is 0 Å². The van der Waals surface area contributed by atoms with Gasteiger partial charge in [0, 0.05) is 18.5 Å². The molecule has 0 saturated carbocycles. The van der Waals surface area contributed by atoms with Crippen molar-refractivity contribution in [2.45, 2.75) is 19.3 Å². The normalized spacial score (nSPS) is 16.7. The molecule has 0 bridgehead atoms. The minimum absolute atomic E-state index is 0.00430. The van der Waals surface area contributed by atoms with E-state index in [9.17, 15) is 4.79 Å². The zero-order valence-corrected chi connectivity index (χ0v) is 15.5. The number of benzene rings is 2. The first-order chi connectivity index (χ1) is 13.2. The van der Waals surface area contributed by atoms with E-state index in [0.29, 0.717) is 47.6 Å². The highest BCUT2D eigenvalue weighted by molar-refractivity contribution is 6.33. The van der Waals surface area contributed by atoms with Gasteiger partial charge in [0.05, 0.1) is 23.2 Å². The molecule has 1 atom stereocenters. The smallest absolute Gasteiger partial charge is 0.232 e. The van der Waals surface area contributed by atoms with Gasteiger partial charge in [-0.1, -0.05) is 41.0 Å². The molecule has 1 saturated heterocycles. The number of hydrogen-bond donors (Lipinski definition) is 0. The highest BCUT2D eigenvalue weighted by Gasteiger charge is 2.36. The van der Waals surface area contributed by atoms with Crippen LogP contribution in [-0.2, 0) is 4.79 Å². The van der Waals surface area contributed by atoms with Crippen LogP contribution < -0.4 is 9.64 Å². The molecule has 1 aliphatic heterocycles. The van der Waals surface area contributed by atoms with E-state index in [0.717, 1.165) is 5.69 Å². The van der Waals surface area contributed by atoms with Crippen molar-refractivity contribution in [1.29, 1.82) is 0 Å². The van der Waals surface area contributed by atoms with Crippen LogP contribution in [0.2, 0.25) is 5.02 Å². The summed E-state index contributed by atoms with van der Waals surface area (Å²) in [4.78, 5) is 18.8.